The largest absolute Gasteiger partial charge is 0.355 e. The Morgan fingerprint density at radius 1 is 1.11 bits per heavy atom. The van der Waals surface area contributed by atoms with Crippen molar-refractivity contribution in [3.63, 3.8) is 0 Å². The molecule has 1 aliphatic rings. The van der Waals surface area contributed by atoms with E-state index in [1.54, 1.807) is 7.05 Å². The summed E-state index contributed by atoms with van der Waals surface area (Å²) < 4.78 is 2.42. The molecule has 2 aromatic carbocycles. The van der Waals surface area contributed by atoms with Gasteiger partial charge in [-0.05, 0) is 50.1 Å². The van der Waals surface area contributed by atoms with Gasteiger partial charge in [0.15, 0.2) is 0 Å². The van der Waals surface area contributed by atoms with Gasteiger partial charge in [0, 0.05) is 37.3 Å². The number of imidazole rings is 1. The van der Waals surface area contributed by atoms with Crippen LogP contribution in [0.25, 0.3) is 22.4 Å². The van der Waals surface area contributed by atoms with Crippen molar-refractivity contribution >= 4 is 16.9 Å². The van der Waals surface area contributed by atoms with Crippen LogP contribution in [0, 0.1) is 0 Å². The summed E-state index contributed by atoms with van der Waals surface area (Å²) in [5.74, 6) is 0.932. The summed E-state index contributed by atoms with van der Waals surface area (Å²) in [6.07, 6.45) is 3.50. The van der Waals surface area contributed by atoms with Gasteiger partial charge in [0.2, 0.25) is 0 Å². The molecule has 28 heavy (non-hydrogen) atoms. The lowest BCUT2D eigenvalue weighted by Gasteiger charge is -2.33. The van der Waals surface area contributed by atoms with Crippen LogP contribution >= 0.6 is 0 Å². The Morgan fingerprint density at radius 3 is 2.50 bits per heavy atom. The second-order valence-corrected chi connectivity index (χ2v) is 7.52. The van der Waals surface area contributed by atoms with E-state index in [0.29, 0.717) is 11.6 Å². The highest BCUT2D eigenvalue weighted by molar-refractivity contribution is 5.94. The van der Waals surface area contributed by atoms with Crippen LogP contribution in [0.4, 0.5) is 0 Å². The molecule has 1 N–H and O–H groups in total. The number of hydrogen-bond donors (Lipinski definition) is 1. The van der Waals surface area contributed by atoms with Gasteiger partial charge in [-0.2, -0.15) is 0 Å². The quantitative estimate of drug-likeness (QED) is 0.729. The van der Waals surface area contributed by atoms with E-state index in [2.05, 4.69) is 39.9 Å². The molecule has 5 nitrogen and oxygen atoms in total. The number of nitrogens with zero attached hydrogens (tertiary/aromatic N) is 3. The predicted octanol–water partition coefficient (Wildman–Crippen LogP) is 4.11. The third-order valence-corrected chi connectivity index (χ3v) is 5.69. The van der Waals surface area contributed by atoms with E-state index in [1.807, 2.05) is 30.3 Å². The van der Waals surface area contributed by atoms with Crippen molar-refractivity contribution < 1.29 is 4.79 Å². The lowest BCUT2D eigenvalue weighted by atomic mass is 10.0. The monoisotopic (exact) mass is 376 g/mol. The number of carbonyl (C=O) groups excluding carboxylic acids is 1. The number of piperidine rings is 1. The van der Waals surface area contributed by atoms with E-state index in [1.165, 1.54) is 18.5 Å². The molecule has 1 aromatic heterocycles. The van der Waals surface area contributed by atoms with Gasteiger partial charge in [-0.1, -0.05) is 31.2 Å². The van der Waals surface area contributed by atoms with Gasteiger partial charge >= 0.3 is 0 Å². The zero-order chi connectivity index (χ0) is 19.5. The Bertz CT molecular complexity index is 952. The number of nitrogens with one attached hydrogen (secondary N) is 1. The van der Waals surface area contributed by atoms with Crippen LogP contribution < -0.4 is 5.32 Å². The molecule has 3 aromatic rings. The zero-order valence-corrected chi connectivity index (χ0v) is 16.7. The molecule has 0 saturated carbocycles. The van der Waals surface area contributed by atoms with Crippen molar-refractivity contribution in [3.8, 4) is 11.4 Å². The molecule has 2 heterocycles. The summed E-state index contributed by atoms with van der Waals surface area (Å²) in [5, 5.41) is 2.68. The van der Waals surface area contributed by atoms with Crippen molar-refractivity contribution in [1.82, 2.24) is 19.8 Å². The molecule has 0 spiro atoms. The molecule has 0 bridgehead atoms. The van der Waals surface area contributed by atoms with Crippen molar-refractivity contribution in [1.29, 1.82) is 0 Å². The van der Waals surface area contributed by atoms with Crippen LogP contribution in [0.15, 0.2) is 48.5 Å². The van der Waals surface area contributed by atoms with Gasteiger partial charge in [-0.15, -0.1) is 0 Å². The Kier molecular flexibility index (Phi) is 5.44. The number of fused-ring (bicyclic) bond motifs is 1. The second-order valence-electron chi connectivity index (χ2n) is 7.52. The Balaban J connectivity index is 1.71. The molecule has 0 atom stereocenters. The van der Waals surface area contributed by atoms with Crippen LogP contribution in [0.3, 0.4) is 0 Å². The van der Waals surface area contributed by atoms with E-state index in [9.17, 15) is 4.79 Å². The molecule has 4 rings (SSSR count). The van der Waals surface area contributed by atoms with Gasteiger partial charge in [0.1, 0.15) is 5.82 Å². The van der Waals surface area contributed by atoms with Gasteiger partial charge < -0.3 is 14.8 Å². The number of likely N-dealkylation sites (tertiary alicyclic amines) is 1. The Hall–Kier alpha value is -2.66. The van der Waals surface area contributed by atoms with E-state index in [0.717, 1.165) is 42.8 Å². The van der Waals surface area contributed by atoms with Crippen molar-refractivity contribution in [2.24, 2.45) is 0 Å². The minimum atomic E-state index is -0.0663. The maximum Gasteiger partial charge on any atom is 0.251 e. The maximum absolute atomic E-state index is 11.9. The fraction of sp³-hybridized carbons (Fsp3) is 0.391. The smallest absolute Gasteiger partial charge is 0.251 e. The van der Waals surface area contributed by atoms with E-state index in [-0.39, 0.29) is 5.91 Å². The van der Waals surface area contributed by atoms with Crippen LogP contribution in [0.1, 0.15) is 42.6 Å². The number of amides is 1. The molecule has 1 fully saturated rings. The molecule has 5 heteroatoms. The van der Waals surface area contributed by atoms with Gasteiger partial charge in [-0.25, -0.2) is 4.98 Å². The van der Waals surface area contributed by atoms with Crippen molar-refractivity contribution in [2.75, 3.05) is 26.7 Å². The summed E-state index contributed by atoms with van der Waals surface area (Å²) >= 11 is 0. The van der Waals surface area contributed by atoms with Crippen LogP contribution in [-0.4, -0.2) is 47.0 Å². The highest BCUT2D eigenvalue weighted by Gasteiger charge is 2.24. The molecular formula is C23H28N4O. The fourth-order valence-electron chi connectivity index (χ4n) is 4.25. The summed E-state index contributed by atoms with van der Waals surface area (Å²) in [6, 6.07) is 16.6. The zero-order valence-electron chi connectivity index (χ0n) is 16.7. The normalized spacial score (nSPS) is 15.8. The van der Waals surface area contributed by atoms with Crippen LogP contribution in [0.5, 0.6) is 0 Å². The molecule has 0 unspecified atom stereocenters. The SMILES string of the molecule is CCCN1CCC(n2c(-c3ccc(C(=O)NC)cc3)nc3ccccc32)CC1. The predicted molar refractivity (Wildman–Crippen MR) is 114 cm³/mol. The summed E-state index contributed by atoms with van der Waals surface area (Å²) in [5.41, 5.74) is 3.95. The number of benzene rings is 2. The first-order valence-corrected chi connectivity index (χ1v) is 10.2. The first-order chi connectivity index (χ1) is 13.7. The van der Waals surface area contributed by atoms with Gasteiger partial charge in [-0.3, -0.25) is 4.79 Å². The first-order valence-electron chi connectivity index (χ1n) is 10.2. The number of rotatable bonds is 5. The molecule has 0 aliphatic carbocycles. The van der Waals surface area contributed by atoms with Crippen molar-refractivity contribution in [3.05, 3.63) is 54.1 Å². The second kappa shape index (κ2) is 8.15. The first kappa shape index (κ1) is 18.7. The Morgan fingerprint density at radius 2 is 1.82 bits per heavy atom. The highest BCUT2D eigenvalue weighted by Crippen LogP contribution is 2.33. The summed E-state index contributed by atoms with van der Waals surface area (Å²) in [6.45, 7) is 5.71. The summed E-state index contributed by atoms with van der Waals surface area (Å²) in [4.78, 5) is 19.4. The van der Waals surface area contributed by atoms with E-state index >= 15 is 0 Å². The minimum Gasteiger partial charge on any atom is -0.355 e. The van der Waals surface area contributed by atoms with Gasteiger partial charge in [0.25, 0.3) is 5.91 Å². The molecule has 1 aliphatic heterocycles. The molecule has 146 valence electrons. The lowest BCUT2D eigenvalue weighted by Crippen LogP contribution is -2.35. The lowest BCUT2D eigenvalue weighted by molar-refractivity contribution is 0.0963. The highest BCUT2D eigenvalue weighted by atomic mass is 16.1. The molecule has 1 amide bonds. The van der Waals surface area contributed by atoms with Crippen LogP contribution in [0.2, 0.25) is 0 Å². The van der Waals surface area contributed by atoms with Crippen molar-refractivity contribution in [2.45, 2.75) is 32.2 Å². The third kappa shape index (κ3) is 3.54. The fourth-order valence-corrected chi connectivity index (χ4v) is 4.25. The van der Waals surface area contributed by atoms with Crippen LogP contribution in [-0.2, 0) is 0 Å². The molecular weight excluding hydrogens is 348 g/mol. The summed E-state index contributed by atoms with van der Waals surface area (Å²) in [7, 11) is 1.65. The number of aromatic nitrogens is 2. The Labute approximate surface area is 166 Å². The number of hydrogen-bond acceptors (Lipinski definition) is 3. The average molecular weight is 377 g/mol. The maximum atomic E-state index is 11.9. The average Bonchev–Trinajstić information content (AvgIpc) is 3.14. The van der Waals surface area contributed by atoms with Gasteiger partial charge in [0.05, 0.1) is 11.0 Å². The minimum absolute atomic E-state index is 0.0663. The third-order valence-electron chi connectivity index (χ3n) is 5.69. The number of para-hydroxylation sites is 2. The number of carbonyl (C=O) groups is 1. The van der Waals surface area contributed by atoms with E-state index < -0.39 is 0 Å². The molecule has 1 saturated heterocycles. The standard InChI is InChI=1S/C23H28N4O/c1-3-14-26-15-12-19(13-16-26)27-21-7-5-4-6-20(21)25-22(27)17-8-10-18(11-9-17)23(28)24-2/h4-11,19H,3,12-16H2,1-2H3,(H,24,28). The topological polar surface area (TPSA) is 50.2 Å². The molecule has 0 radical (unpaired) electrons. The van der Waals surface area contributed by atoms with E-state index in [4.69, 9.17) is 4.98 Å².